The largest absolute Gasteiger partial charge is 0.384 e. The molecule has 1 aromatic carbocycles. The molecule has 0 bridgehead atoms. The molecular formula is C16H25NO. The summed E-state index contributed by atoms with van der Waals surface area (Å²) < 4.78 is 0. The molecule has 1 atom stereocenters. The van der Waals surface area contributed by atoms with Crippen LogP contribution in [0.5, 0.6) is 0 Å². The third-order valence-corrected chi connectivity index (χ3v) is 3.53. The maximum Gasteiger partial charge on any atom is 0.0992 e. The van der Waals surface area contributed by atoms with Gasteiger partial charge in [-0.3, -0.25) is 0 Å². The SMILES string of the molecule is CC(C)Cc1ccc(C(C)(O)CNC2CC2)cc1. The molecule has 0 spiro atoms. The smallest absolute Gasteiger partial charge is 0.0992 e. The first-order valence-electron chi connectivity index (χ1n) is 7.02. The molecule has 1 aliphatic rings. The Kier molecular flexibility index (Phi) is 4.08. The molecule has 1 unspecified atom stereocenters. The first-order chi connectivity index (χ1) is 8.47. The van der Waals surface area contributed by atoms with Crippen LogP contribution in [0.1, 0.15) is 44.7 Å². The van der Waals surface area contributed by atoms with Crippen molar-refractivity contribution in [2.75, 3.05) is 6.54 Å². The van der Waals surface area contributed by atoms with Crippen molar-refractivity contribution in [1.29, 1.82) is 0 Å². The van der Waals surface area contributed by atoms with Gasteiger partial charge in [0, 0.05) is 12.6 Å². The molecule has 0 aliphatic heterocycles. The van der Waals surface area contributed by atoms with Gasteiger partial charge in [-0.25, -0.2) is 0 Å². The Bertz CT molecular complexity index is 377. The highest BCUT2D eigenvalue weighted by Crippen LogP contribution is 2.24. The first-order valence-corrected chi connectivity index (χ1v) is 7.02. The molecule has 18 heavy (non-hydrogen) atoms. The van der Waals surface area contributed by atoms with E-state index in [2.05, 4.69) is 43.4 Å². The topological polar surface area (TPSA) is 32.3 Å². The number of hydrogen-bond donors (Lipinski definition) is 2. The maximum absolute atomic E-state index is 10.5. The fraction of sp³-hybridized carbons (Fsp3) is 0.625. The summed E-state index contributed by atoms with van der Waals surface area (Å²) in [7, 11) is 0. The highest BCUT2D eigenvalue weighted by Gasteiger charge is 2.27. The Morgan fingerprint density at radius 1 is 1.28 bits per heavy atom. The maximum atomic E-state index is 10.5. The highest BCUT2D eigenvalue weighted by atomic mass is 16.3. The minimum atomic E-state index is -0.765. The standard InChI is InChI=1S/C16H25NO/c1-12(2)10-13-4-6-14(7-5-13)16(3,18)11-17-15-8-9-15/h4-7,12,15,17-18H,8-11H2,1-3H3. The third-order valence-electron chi connectivity index (χ3n) is 3.53. The van der Waals surface area contributed by atoms with Crippen molar-refractivity contribution in [3.63, 3.8) is 0 Å². The van der Waals surface area contributed by atoms with Crippen molar-refractivity contribution >= 4 is 0 Å². The molecule has 2 nitrogen and oxygen atoms in total. The van der Waals surface area contributed by atoms with Gasteiger partial charge in [-0.15, -0.1) is 0 Å². The van der Waals surface area contributed by atoms with Gasteiger partial charge >= 0.3 is 0 Å². The second-order valence-electron chi connectivity index (χ2n) is 6.22. The first kappa shape index (κ1) is 13.6. The summed E-state index contributed by atoms with van der Waals surface area (Å²) in [6.45, 7) is 6.98. The number of aliphatic hydroxyl groups is 1. The lowest BCUT2D eigenvalue weighted by atomic mass is 9.93. The summed E-state index contributed by atoms with van der Waals surface area (Å²) in [6, 6.07) is 9.04. The van der Waals surface area contributed by atoms with Crippen LogP contribution in [0.3, 0.4) is 0 Å². The van der Waals surface area contributed by atoms with E-state index in [1.807, 2.05) is 6.92 Å². The molecule has 1 aliphatic carbocycles. The van der Waals surface area contributed by atoms with Gasteiger partial charge in [0.25, 0.3) is 0 Å². The molecule has 2 N–H and O–H groups in total. The average Bonchev–Trinajstić information content (AvgIpc) is 3.10. The van der Waals surface area contributed by atoms with Gasteiger partial charge in [0.2, 0.25) is 0 Å². The summed E-state index contributed by atoms with van der Waals surface area (Å²) >= 11 is 0. The van der Waals surface area contributed by atoms with Gasteiger partial charge in [-0.1, -0.05) is 38.1 Å². The molecule has 0 amide bonds. The summed E-state index contributed by atoms with van der Waals surface area (Å²) in [5.74, 6) is 0.674. The second kappa shape index (κ2) is 5.41. The molecule has 2 rings (SSSR count). The van der Waals surface area contributed by atoms with Crippen LogP contribution in [0.2, 0.25) is 0 Å². The summed E-state index contributed by atoms with van der Waals surface area (Å²) in [5, 5.41) is 13.9. The van der Waals surface area contributed by atoms with Crippen LogP contribution >= 0.6 is 0 Å². The van der Waals surface area contributed by atoms with Gasteiger partial charge in [0.05, 0.1) is 5.60 Å². The highest BCUT2D eigenvalue weighted by molar-refractivity contribution is 5.27. The molecule has 0 aromatic heterocycles. The fourth-order valence-electron chi connectivity index (χ4n) is 2.20. The van der Waals surface area contributed by atoms with E-state index in [-0.39, 0.29) is 0 Å². The monoisotopic (exact) mass is 247 g/mol. The second-order valence-corrected chi connectivity index (χ2v) is 6.22. The quantitative estimate of drug-likeness (QED) is 0.810. The molecule has 0 radical (unpaired) electrons. The van der Waals surface area contributed by atoms with Crippen molar-refractivity contribution in [2.45, 2.75) is 51.7 Å². The Hall–Kier alpha value is -0.860. The zero-order valence-electron chi connectivity index (χ0n) is 11.7. The number of nitrogens with one attached hydrogen (secondary N) is 1. The van der Waals surface area contributed by atoms with Crippen molar-refractivity contribution in [2.24, 2.45) is 5.92 Å². The van der Waals surface area contributed by atoms with Gasteiger partial charge in [0.1, 0.15) is 0 Å². The zero-order valence-corrected chi connectivity index (χ0v) is 11.7. The van der Waals surface area contributed by atoms with E-state index in [9.17, 15) is 5.11 Å². The normalized spacial score (nSPS) is 18.9. The van der Waals surface area contributed by atoms with Gasteiger partial charge in [-0.05, 0) is 43.2 Å². The molecule has 1 saturated carbocycles. The Labute approximate surface area is 110 Å². The predicted molar refractivity (Wildman–Crippen MR) is 75.6 cm³/mol. The van der Waals surface area contributed by atoms with Crippen LogP contribution in [0, 0.1) is 5.92 Å². The van der Waals surface area contributed by atoms with E-state index in [4.69, 9.17) is 0 Å². The Morgan fingerprint density at radius 2 is 1.89 bits per heavy atom. The molecule has 1 fully saturated rings. The minimum absolute atomic E-state index is 0.636. The predicted octanol–water partition coefficient (Wildman–Crippen LogP) is 2.84. The zero-order chi connectivity index (χ0) is 13.2. The Balaban J connectivity index is 1.97. The summed E-state index contributed by atoms with van der Waals surface area (Å²) in [4.78, 5) is 0. The van der Waals surface area contributed by atoms with E-state index in [1.54, 1.807) is 0 Å². The third kappa shape index (κ3) is 3.82. The molecule has 100 valence electrons. The fourth-order valence-corrected chi connectivity index (χ4v) is 2.20. The molecule has 0 heterocycles. The van der Waals surface area contributed by atoms with Crippen LogP contribution < -0.4 is 5.32 Å². The summed E-state index contributed by atoms with van der Waals surface area (Å²) in [6.07, 6.45) is 3.61. The van der Waals surface area contributed by atoms with E-state index in [1.165, 1.54) is 18.4 Å². The minimum Gasteiger partial charge on any atom is -0.384 e. The lowest BCUT2D eigenvalue weighted by Gasteiger charge is -2.24. The number of benzene rings is 1. The van der Waals surface area contributed by atoms with E-state index < -0.39 is 5.60 Å². The average molecular weight is 247 g/mol. The Morgan fingerprint density at radius 3 is 2.39 bits per heavy atom. The van der Waals surface area contributed by atoms with E-state index in [0.717, 1.165) is 12.0 Å². The molecule has 0 saturated heterocycles. The summed E-state index contributed by atoms with van der Waals surface area (Å²) in [5.41, 5.74) is 1.58. The van der Waals surface area contributed by atoms with E-state index in [0.29, 0.717) is 18.5 Å². The lowest BCUT2D eigenvalue weighted by molar-refractivity contribution is 0.0566. The number of rotatable bonds is 6. The lowest BCUT2D eigenvalue weighted by Crippen LogP contribution is -2.36. The van der Waals surface area contributed by atoms with Crippen molar-refractivity contribution < 1.29 is 5.11 Å². The van der Waals surface area contributed by atoms with Gasteiger partial charge < -0.3 is 10.4 Å². The molecule has 2 heteroatoms. The van der Waals surface area contributed by atoms with Crippen LogP contribution in [0.15, 0.2) is 24.3 Å². The van der Waals surface area contributed by atoms with Crippen LogP contribution in [0.4, 0.5) is 0 Å². The van der Waals surface area contributed by atoms with Crippen LogP contribution in [0.25, 0.3) is 0 Å². The van der Waals surface area contributed by atoms with Crippen LogP contribution in [-0.2, 0) is 12.0 Å². The van der Waals surface area contributed by atoms with Crippen molar-refractivity contribution in [1.82, 2.24) is 5.32 Å². The molecular weight excluding hydrogens is 222 g/mol. The molecule has 1 aromatic rings. The van der Waals surface area contributed by atoms with Crippen molar-refractivity contribution in [3.05, 3.63) is 35.4 Å². The van der Waals surface area contributed by atoms with E-state index >= 15 is 0 Å². The number of hydrogen-bond acceptors (Lipinski definition) is 2. The van der Waals surface area contributed by atoms with Gasteiger partial charge in [0.15, 0.2) is 0 Å². The van der Waals surface area contributed by atoms with Gasteiger partial charge in [-0.2, -0.15) is 0 Å². The van der Waals surface area contributed by atoms with Crippen LogP contribution in [-0.4, -0.2) is 17.7 Å². The van der Waals surface area contributed by atoms with Crippen molar-refractivity contribution in [3.8, 4) is 0 Å².